The monoisotopic (exact) mass is 537 g/mol. The molecule has 3 rings (SSSR count). The second-order valence-electron chi connectivity index (χ2n) is 9.16. The number of pyridine rings is 1. The number of aryl methyl sites for hydroxylation is 1. The van der Waals surface area contributed by atoms with Crippen LogP contribution in [0.5, 0.6) is 11.5 Å². The molecule has 0 bridgehead atoms. The molecule has 37 heavy (non-hydrogen) atoms. The van der Waals surface area contributed by atoms with Crippen LogP contribution in [0.15, 0.2) is 41.3 Å². The van der Waals surface area contributed by atoms with E-state index in [2.05, 4.69) is 4.90 Å². The van der Waals surface area contributed by atoms with Crippen LogP contribution in [-0.4, -0.2) is 86.6 Å². The minimum atomic E-state index is -3.86. The molecule has 2 heterocycles. The molecule has 1 fully saturated rings. The van der Waals surface area contributed by atoms with E-state index < -0.39 is 20.5 Å². The van der Waals surface area contributed by atoms with E-state index in [0.29, 0.717) is 23.7 Å². The molecule has 0 aliphatic carbocycles. The van der Waals surface area contributed by atoms with Crippen LogP contribution >= 0.6 is 0 Å². The summed E-state index contributed by atoms with van der Waals surface area (Å²) in [5, 5.41) is 8.97. The third kappa shape index (κ3) is 7.10. The Kier molecular flexibility index (Phi) is 9.71. The van der Waals surface area contributed by atoms with Crippen molar-refractivity contribution in [3.05, 3.63) is 46.9 Å². The third-order valence-corrected chi connectivity index (χ3v) is 8.73. The summed E-state index contributed by atoms with van der Waals surface area (Å²) in [4.78, 5) is 27.1. The summed E-state index contributed by atoms with van der Waals surface area (Å²) in [6.45, 7) is 6.07. The number of nitrogens with zero attached hydrogens (tertiary/aromatic N) is 2. The lowest BCUT2D eigenvalue weighted by atomic mass is 10.1. The molecule has 2 aromatic rings. The predicted molar refractivity (Wildman–Crippen MR) is 138 cm³/mol. The molecule has 1 aliphatic heterocycles. The topological polar surface area (TPSA) is 136 Å². The number of hydrogen-bond acceptors (Lipinski definition) is 9. The predicted octanol–water partition coefficient (Wildman–Crippen LogP) is 1.32. The minimum Gasteiger partial charge on any atom is -0.493 e. The summed E-state index contributed by atoms with van der Waals surface area (Å²) >= 11 is 0. The van der Waals surface area contributed by atoms with Crippen LogP contribution in [0.3, 0.4) is 0 Å². The largest absolute Gasteiger partial charge is 0.493 e. The van der Waals surface area contributed by atoms with E-state index in [1.807, 2.05) is 6.07 Å². The number of sulfone groups is 1. The van der Waals surface area contributed by atoms with Crippen LogP contribution in [0.25, 0.3) is 11.1 Å². The van der Waals surface area contributed by atoms with Crippen molar-refractivity contribution in [2.75, 3.05) is 52.8 Å². The molecule has 204 valence electrons. The third-order valence-electron chi connectivity index (χ3n) is 6.70. The highest BCUT2D eigenvalue weighted by atomic mass is 32.2. The maximum absolute atomic E-state index is 12.7. The molecule has 1 amide bonds. The second kappa shape index (κ2) is 12.5. The number of carbonyl (C=O) groups excluding carboxylic acids is 1. The lowest BCUT2D eigenvalue weighted by Gasteiger charge is -2.26. The number of hydrogen-bond donors (Lipinski definition) is 2. The van der Waals surface area contributed by atoms with Gasteiger partial charge in [-0.25, -0.2) is 13.9 Å². The molecule has 1 aromatic heterocycles. The first-order valence-electron chi connectivity index (χ1n) is 12.0. The van der Waals surface area contributed by atoms with Gasteiger partial charge in [-0.15, -0.1) is 0 Å². The van der Waals surface area contributed by atoms with Gasteiger partial charge >= 0.3 is 0 Å². The Bertz CT molecular complexity index is 1240. The SMILES string of the molecule is COc1cc(-c2ccn(CCC(C)(C(=O)NO)S(C)(=O)=O)c(=O)c2)ccc1OCCCN1CCOCC1. The van der Waals surface area contributed by atoms with Crippen LogP contribution in [0.4, 0.5) is 0 Å². The number of aromatic nitrogens is 1. The Morgan fingerprint density at radius 1 is 1.14 bits per heavy atom. The van der Waals surface area contributed by atoms with E-state index in [1.54, 1.807) is 31.5 Å². The van der Waals surface area contributed by atoms with Crippen LogP contribution in [0.1, 0.15) is 19.8 Å². The Labute approximate surface area is 216 Å². The van der Waals surface area contributed by atoms with Gasteiger partial charge in [0.1, 0.15) is 0 Å². The summed E-state index contributed by atoms with van der Waals surface area (Å²) in [7, 11) is -2.30. The highest BCUT2D eigenvalue weighted by Gasteiger charge is 2.43. The summed E-state index contributed by atoms with van der Waals surface area (Å²) in [5.41, 5.74) is 2.45. The fourth-order valence-corrected chi connectivity index (χ4v) is 4.90. The highest BCUT2D eigenvalue weighted by Crippen LogP contribution is 2.32. The van der Waals surface area contributed by atoms with Crippen molar-refractivity contribution in [3.63, 3.8) is 0 Å². The second-order valence-corrected chi connectivity index (χ2v) is 11.6. The van der Waals surface area contributed by atoms with Crippen molar-refractivity contribution in [1.29, 1.82) is 0 Å². The van der Waals surface area contributed by atoms with Gasteiger partial charge < -0.3 is 18.8 Å². The number of carbonyl (C=O) groups is 1. The van der Waals surface area contributed by atoms with Crippen molar-refractivity contribution in [1.82, 2.24) is 14.9 Å². The van der Waals surface area contributed by atoms with Gasteiger partial charge in [0.25, 0.3) is 11.5 Å². The molecule has 0 spiro atoms. The van der Waals surface area contributed by atoms with Crippen molar-refractivity contribution < 1.29 is 32.6 Å². The van der Waals surface area contributed by atoms with Gasteiger partial charge in [0.05, 0.1) is 26.9 Å². The zero-order chi connectivity index (χ0) is 27.1. The maximum atomic E-state index is 12.7. The molecule has 11 nitrogen and oxygen atoms in total. The van der Waals surface area contributed by atoms with E-state index in [-0.39, 0.29) is 18.5 Å². The molecule has 2 N–H and O–H groups in total. The summed E-state index contributed by atoms with van der Waals surface area (Å²) in [6, 6.07) is 8.60. The molecule has 12 heteroatoms. The summed E-state index contributed by atoms with van der Waals surface area (Å²) < 4.78 is 40.5. The van der Waals surface area contributed by atoms with Crippen molar-refractivity contribution in [3.8, 4) is 22.6 Å². The van der Waals surface area contributed by atoms with Crippen LogP contribution in [0, 0.1) is 0 Å². The maximum Gasteiger partial charge on any atom is 0.264 e. The fraction of sp³-hybridized carbons (Fsp3) is 0.520. The van der Waals surface area contributed by atoms with Gasteiger partial charge in [-0.1, -0.05) is 6.07 Å². The number of ether oxygens (including phenoxy) is 3. The Hall–Kier alpha value is -2.93. The minimum absolute atomic E-state index is 0.0311. The quantitative estimate of drug-likeness (QED) is 0.233. The number of nitrogens with one attached hydrogen (secondary N) is 1. The van der Waals surface area contributed by atoms with Crippen molar-refractivity contribution in [2.24, 2.45) is 0 Å². The number of methoxy groups -OCH3 is 1. The van der Waals surface area contributed by atoms with E-state index in [0.717, 1.165) is 51.1 Å². The molecule has 1 saturated heterocycles. The van der Waals surface area contributed by atoms with E-state index in [9.17, 15) is 18.0 Å². The highest BCUT2D eigenvalue weighted by molar-refractivity contribution is 7.92. The molecule has 1 aliphatic rings. The van der Waals surface area contributed by atoms with Gasteiger partial charge in [0.2, 0.25) is 0 Å². The summed E-state index contributed by atoms with van der Waals surface area (Å²) in [6.07, 6.45) is 3.14. The van der Waals surface area contributed by atoms with Gasteiger partial charge in [-0.3, -0.25) is 19.7 Å². The number of amides is 1. The normalized spacial score (nSPS) is 16.1. The van der Waals surface area contributed by atoms with Crippen molar-refractivity contribution >= 4 is 15.7 Å². The van der Waals surface area contributed by atoms with Crippen LogP contribution < -0.4 is 20.5 Å². The number of morpholine rings is 1. The number of hydroxylamine groups is 1. The first kappa shape index (κ1) is 28.6. The molecule has 1 atom stereocenters. The Morgan fingerprint density at radius 3 is 2.46 bits per heavy atom. The number of rotatable bonds is 12. The zero-order valence-electron chi connectivity index (χ0n) is 21.4. The molecule has 0 saturated carbocycles. The average Bonchev–Trinajstić information content (AvgIpc) is 2.89. The molecule has 1 aromatic carbocycles. The number of benzene rings is 1. The van der Waals surface area contributed by atoms with E-state index in [4.69, 9.17) is 19.4 Å². The average molecular weight is 538 g/mol. The Morgan fingerprint density at radius 2 is 1.84 bits per heavy atom. The first-order valence-corrected chi connectivity index (χ1v) is 13.9. The zero-order valence-corrected chi connectivity index (χ0v) is 22.3. The van der Waals surface area contributed by atoms with E-state index in [1.165, 1.54) is 23.0 Å². The van der Waals surface area contributed by atoms with Gasteiger partial charge in [-0.2, -0.15) is 0 Å². The van der Waals surface area contributed by atoms with Gasteiger partial charge in [0.15, 0.2) is 26.1 Å². The Balaban J connectivity index is 1.66. The van der Waals surface area contributed by atoms with Crippen LogP contribution in [-0.2, 0) is 25.9 Å². The van der Waals surface area contributed by atoms with E-state index >= 15 is 0 Å². The lowest BCUT2D eigenvalue weighted by Crippen LogP contribution is -2.49. The summed E-state index contributed by atoms with van der Waals surface area (Å²) in [5.74, 6) is 0.117. The van der Waals surface area contributed by atoms with Crippen molar-refractivity contribution in [2.45, 2.75) is 31.1 Å². The molecular formula is C25H35N3O8S. The standard InChI is InChI=1S/C25H35N3O8S/c1-25(24(30)26-31,37(3,32)33)8-11-28-10-7-20(18-23(28)29)19-5-6-21(22(17-19)34-2)36-14-4-9-27-12-15-35-16-13-27/h5-7,10,17-18,31H,4,8-9,11-16H2,1-3H3,(H,26,30). The molecular weight excluding hydrogens is 502 g/mol. The van der Waals surface area contributed by atoms with Gasteiger partial charge in [-0.05, 0) is 49.1 Å². The first-order chi connectivity index (χ1) is 17.6. The van der Waals surface area contributed by atoms with Crippen LogP contribution in [0.2, 0.25) is 0 Å². The molecule has 0 radical (unpaired) electrons. The van der Waals surface area contributed by atoms with Gasteiger partial charge in [0, 0.05) is 44.7 Å². The lowest BCUT2D eigenvalue weighted by molar-refractivity contribution is -0.131. The fourth-order valence-electron chi connectivity index (χ4n) is 4.05. The smallest absolute Gasteiger partial charge is 0.264 e. The molecule has 1 unspecified atom stereocenters.